The Bertz CT molecular complexity index is 998. The van der Waals surface area contributed by atoms with E-state index in [4.69, 9.17) is 10.5 Å². The van der Waals surface area contributed by atoms with Gasteiger partial charge in [-0.2, -0.15) is 4.31 Å². The summed E-state index contributed by atoms with van der Waals surface area (Å²) in [6.07, 6.45) is 3.84. The first-order valence-corrected chi connectivity index (χ1v) is 11.2. The lowest BCUT2D eigenvalue weighted by molar-refractivity contribution is -0.118. The number of hydrogen-bond donors (Lipinski definition) is 2. The van der Waals surface area contributed by atoms with E-state index >= 15 is 0 Å². The highest BCUT2D eigenvalue weighted by atomic mass is 32.2. The summed E-state index contributed by atoms with van der Waals surface area (Å²) in [5.41, 5.74) is 5.97. The van der Waals surface area contributed by atoms with E-state index in [1.807, 2.05) is 0 Å². The normalized spacial score (nSPS) is 15.2. The molecule has 160 valence electrons. The smallest absolute Gasteiger partial charge is 0.262 e. The molecule has 9 heteroatoms. The van der Waals surface area contributed by atoms with Gasteiger partial charge in [0.25, 0.3) is 5.91 Å². The summed E-state index contributed by atoms with van der Waals surface area (Å²) in [6.45, 7) is 0.806. The van der Waals surface area contributed by atoms with Gasteiger partial charge in [0, 0.05) is 24.3 Å². The second-order valence-electron chi connectivity index (χ2n) is 7.07. The molecule has 0 unspecified atom stereocenters. The second kappa shape index (κ2) is 9.73. The predicted molar refractivity (Wildman–Crippen MR) is 113 cm³/mol. The third kappa shape index (κ3) is 5.58. The molecular weight excluding hydrogens is 406 g/mol. The summed E-state index contributed by atoms with van der Waals surface area (Å²) in [4.78, 5) is 23.5. The lowest BCUT2D eigenvalue weighted by Crippen LogP contribution is -2.31. The van der Waals surface area contributed by atoms with Crippen molar-refractivity contribution in [3.8, 4) is 5.75 Å². The van der Waals surface area contributed by atoms with Crippen LogP contribution < -0.4 is 15.8 Å². The molecule has 8 nitrogen and oxygen atoms in total. The number of amides is 2. The number of nitrogens with two attached hydrogens (primary N) is 1. The molecule has 1 saturated heterocycles. The zero-order valence-corrected chi connectivity index (χ0v) is 17.4. The number of nitrogens with one attached hydrogen (secondary N) is 1. The van der Waals surface area contributed by atoms with Gasteiger partial charge in [-0.1, -0.05) is 18.9 Å². The van der Waals surface area contributed by atoms with Gasteiger partial charge in [0.2, 0.25) is 15.9 Å². The molecule has 1 fully saturated rings. The van der Waals surface area contributed by atoms with Crippen LogP contribution >= 0.6 is 0 Å². The number of primary amides is 1. The molecule has 30 heavy (non-hydrogen) atoms. The summed E-state index contributed by atoms with van der Waals surface area (Å²) in [7, 11) is -3.53. The van der Waals surface area contributed by atoms with Crippen LogP contribution in [0.3, 0.4) is 0 Å². The SMILES string of the molecule is NC(=O)c1cccc(OCC(=O)Nc2ccc(S(=O)(=O)N3CCCCCC3)cc2)c1. The third-order valence-corrected chi connectivity index (χ3v) is 6.74. The molecule has 3 N–H and O–H groups in total. The second-order valence-corrected chi connectivity index (χ2v) is 9.01. The van der Waals surface area contributed by atoms with E-state index in [1.54, 1.807) is 30.3 Å². The van der Waals surface area contributed by atoms with Crippen molar-refractivity contribution >= 4 is 27.5 Å². The number of sulfonamides is 1. The molecule has 0 aromatic heterocycles. The van der Waals surface area contributed by atoms with Gasteiger partial charge < -0.3 is 15.8 Å². The van der Waals surface area contributed by atoms with Gasteiger partial charge in [0.15, 0.2) is 6.61 Å². The number of carbonyl (C=O) groups is 2. The van der Waals surface area contributed by atoms with Crippen molar-refractivity contribution in [3.05, 3.63) is 54.1 Å². The molecule has 0 radical (unpaired) electrons. The van der Waals surface area contributed by atoms with Gasteiger partial charge >= 0.3 is 0 Å². The minimum Gasteiger partial charge on any atom is -0.484 e. The van der Waals surface area contributed by atoms with Crippen LogP contribution in [-0.2, 0) is 14.8 Å². The average molecular weight is 432 g/mol. The minimum absolute atomic E-state index is 0.210. The molecular formula is C21H25N3O5S. The van der Waals surface area contributed by atoms with Crippen molar-refractivity contribution in [1.29, 1.82) is 0 Å². The highest BCUT2D eigenvalue weighted by Crippen LogP contribution is 2.22. The molecule has 2 amide bonds. The van der Waals surface area contributed by atoms with E-state index in [-0.39, 0.29) is 17.1 Å². The van der Waals surface area contributed by atoms with E-state index < -0.39 is 21.8 Å². The monoisotopic (exact) mass is 431 g/mol. The van der Waals surface area contributed by atoms with Gasteiger partial charge in [-0.3, -0.25) is 9.59 Å². The van der Waals surface area contributed by atoms with Crippen molar-refractivity contribution in [2.24, 2.45) is 5.73 Å². The number of ether oxygens (including phenoxy) is 1. The molecule has 3 rings (SSSR count). The van der Waals surface area contributed by atoms with E-state index in [1.165, 1.54) is 22.5 Å². The van der Waals surface area contributed by atoms with Crippen molar-refractivity contribution in [3.63, 3.8) is 0 Å². The van der Waals surface area contributed by atoms with Crippen molar-refractivity contribution in [1.82, 2.24) is 4.31 Å². The fraction of sp³-hybridized carbons (Fsp3) is 0.333. The Labute approximate surface area is 176 Å². The van der Waals surface area contributed by atoms with Crippen molar-refractivity contribution < 1.29 is 22.7 Å². The van der Waals surface area contributed by atoms with Gasteiger partial charge in [-0.15, -0.1) is 0 Å². The number of benzene rings is 2. The first-order valence-electron chi connectivity index (χ1n) is 9.79. The maximum Gasteiger partial charge on any atom is 0.262 e. The molecule has 1 heterocycles. The van der Waals surface area contributed by atoms with Crippen LogP contribution in [0.4, 0.5) is 5.69 Å². The molecule has 1 aliphatic heterocycles. The Balaban J connectivity index is 1.58. The highest BCUT2D eigenvalue weighted by Gasteiger charge is 2.25. The zero-order chi connectivity index (χ0) is 21.6. The maximum absolute atomic E-state index is 12.8. The topological polar surface area (TPSA) is 119 Å². The predicted octanol–water partition coefficient (Wildman–Crippen LogP) is 2.37. The number of carbonyl (C=O) groups excluding carboxylic acids is 2. The van der Waals surface area contributed by atoms with Crippen LogP contribution in [-0.4, -0.2) is 44.2 Å². The van der Waals surface area contributed by atoms with E-state index in [0.717, 1.165) is 25.7 Å². The minimum atomic E-state index is -3.53. The van der Waals surface area contributed by atoms with E-state index in [9.17, 15) is 18.0 Å². The molecule has 0 aliphatic carbocycles. The Hall–Kier alpha value is -2.91. The Morgan fingerprint density at radius 1 is 1.00 bits per heavy atom. The fourth-order valence-electron chi connectivity index (χ4n) is 3.23. The lowest BCUT2D eigenvalue weighted by atomic mass is 10.2. The summed E-state index contributed by atoms with van der Waals surface area (Å²) >= 11 is 0. The van der Waals surface area contributed by atoms with Gasteiger partial charge in [0.1, 0.15) is 5.75 Å². The summed E-state index contributed by atoms with van der Waals surface area (Å²) < 4.78 is 32.5. The van der Waals surface area contributed by atoms with E-state index in [2.05, 4.69) is 5.32 Å². The van der Waals surface area contributed by atoms with Crippen LogP contribution in [0, 0.1) is 0 Å². The van der Waals surface area contributed by atoms with Gasteiger partial charge in [-0.25, -0.2) is 8.42 Å². The van der Waals surface area contributed by atoms with Gasteiger partial charge in [-0.05, 0) is 55.3 Å². The molecule has 1 aliphatic rings. The Morgan fingerprint density at radius 2 is 1.67 bits per heavy atom. The number of hydrogen-bond acceptors (Lipinski definition) is 5. The highest BCUT2D eigenvalue weighted by molar-refractivity contribution is 7.89. The number of nitrogens with zero attached hydrogens (tertiary/aromatic N) is 1. The summed E-state index contributed by atoms with van der Waals surface area (Å²) in [5.74, 6) is -0.650. The van der Waals surface area contributed by atoms with Crippen LogP contribution in [0.2, 0.25) is 0 Å². The van der Waals surface area contributed by atoms with Crippen LogP contribution in [0.15, 0.2) is 53.4 Å². The largest absolute Gasteiger partial charge is 0.484 e. The maximum atomic E-state index is 12.8. The Morgan fingerprint density at radius 3 is 2.30 bits per heavy atom. The molecule has 0 saturated carbocycles. The molecule has 2 aromatic rings. The molecule has 2 aromatic carbocycles. The van der Waals surface area contributed by atoms with E-state index in [0.29, 0.717) is 24.5 Å². The summed E-state index contributed by atoms with van der Waals surface area (Å²) in [6, 6.07) is 12.3. The number of anilines is 1. The first kappa shape index (κ1) is 21.8. The van der Waals surface area contributed by atoms with Crippen LogP contribution in [0.1, 0.15) is 36.0 Å². The van der Waals surface area contributed by atoms with Crippen molar-refractivity contribution in [2.45, 2.75) is 30.6 Å². The van der Waals surface area contributed by atoms with Crippen molar-refractivity contribution in [2.75, 3.05) is 25.0 Å². The first-order chi connectivity index (χ1) is 14.4. The Kier molecular flexibility index (Phi) is 7.07. The quantitative estimate of drug-likeness (QED) is 0.698. The van der Waals surface area contributed by atoms with Crippen LogP contribution in [0.25, 0.3) is 0 Å². The van der Waals surface area contributed by atoms with Gasteiger partial charge in [0.05, 0.1) is 4.90 Å². The molecule has 0 spiro atoms. The molecule has 0 bridgehead atoms. The summed E-state index contributed by atoms with van der Waals surface area (Å²) in [5, 5.41) is 2.65. The fourth-order valence-corrected chi connectivity index (χ4v) is 4.74. The lowest BCUT2D eigenvalue weighted by Gasteiger charge is -2.20. The number of rotatable bonds is 7. The average Bonchev–Trinajstić information content (AvgIpc) is 3.03. The third-order valence-electron chi connectivity index (χ3n) is 4.83. The zero-order valence-electron chi connectivity index (χ0n) is 16.5. The standard InChI is InChI=1S/C21H25N3O5S/c22-21(26)16-6-5-7-18(14-16)29-15-20(25)23-17-8-10-19(11-9-17)30(27,28)24-12-3-1-2-4-13-24/h5-11,14H,1-4,12-13,15H2,(H2,22,26)(H,23,25). The molecule has 0 atom stereocenters. The van der Waals surface area contributed by atoms with Crippen LogP contribution in [0.5, 0.6) is 5.75 Å².